The molecule has 1 rings (SSSR count). The Morgan fingerprint density at radius 1 is 1.47 bits per heavy atom. The second-order valence-corrected chi connectivity index (χ2v) is 5.23. The molecule has 17 heavy (non-hydrogen) atoms. The SMILES string of the molecule is COc1cc(Cl)nc(NC(=O)CC(C)(C)C)n1. The molecule has 0 unspecified atom stereocenters. The third-order valence-electron chi connectivity index (χ3n) is 1.82. The minimum absolute atomic E-state index is 0.0905. The van der Waals surface area contributed by atoms with Crippen LogP contribution in [0.4, 0.5) is 5.95 Å². The van der Waals surface area contributed by atoms with Gasteiger partial charge in [0.25, 0.3) is 0 Å². The van der Waals surface area contributed by atoms with Gasteiger partial charge in [0.05, 0.1) is 7.11 Å². The zero-order chi connectivity index (χ0) is 13.1. The van der Waals surface area contributed by atoms with Gasteiger partial charge in [-0.2, -0.15) is 4.98 Å². The maximum absolute atomic E-state index is 11.7. The number of nitrogens with one attached hydrogen (secondary N) is 1. The van der Waals surface area contributed by atoms with Gasteiger partial charge in [-0.3, -0.25) is 10.1 Å². The molecule has 0 saturated carbocycles. The third kappa shape index (κ3) is 4.99. The maximum Gasteiger partial charge on any atom is 0.234 e. The van der Waals surface area contributed by atoms with Crippen LogP contribution in [0.5, 0.6) is 5.88 Å². The molecule has 0 radical (unpaired) electrons. The number of rotatable bonds is 3. The summed E-state index contributed by atoms with van der Waals surface area (Å²) in [6.45, 7) is 5.93. The van der Waals surface area contributed by atoms with Crippen LogP contribution in [0.2, 0.25) is 5.15 Å². The summed E-state index contributed by atoms with van der Waals surface area (Å²) in [5.74, 6) is 0.321. The van der Waals surface area contributed by atoms with Gasteiger partial charge in [0.2, 0.25) is 17.7 Å². The van der Waals surface area contributed by atoms with Gasteiger partial charge in [-0.05, 0) is 5.41 Å². The molecular weight excluding hydrogens is 242 g/mol. The first-order valence-electron chi connectivity index (χ1n) is 5.18. The second kappa shape index (κ2) is 5.31. The van der Waals surface area contributed by atoms with Crippen LogP contribution in [0.3, 0.4) is 0 Å². The molecule has 0 spiro atoms. The molecule has 0 bridgehead atoms. The van der Waals surface area contributed by atoms with E-state index in [1.165, 1.54) is 13.2 Å². The molecule has 0 aliphatic carbocycles. The fourth-order valence-electron chi connectivity index (χ4n) is 1.21. The molecule has 1 amide bonds. The number of anilines is 1. The highest BCUT2D eigenvalue weighted by Gasteiger charge is 2.17. The van der Waals surface area contributed by atoms with Gasteiger partial charge < -0.3 is 4.74 Å². The van der Waals surface area contributed by atoms with E-state index in [4.69, 9.17) is 16.3 Å². The number of hydrogen-bond acceptors (Lipinski definition) is 4. The topological polar surface area (TPSA) is 64.1 Å². The molecule has 1 heterocycles. The van der Waals surface area contributed by atoms with Crippen LogP contribution >= 0.6 is 11.6 Å². The lowest BCUT2D eigenvalue weighted by atomic mass is 9.92. The number of methoxy groups -OCH3 is 1. The minimum Gasteiger partial charge on any atom is -0.481 e. The van der Waals surface area contributed by atoms with Gasteiger partial charge in [-0.15, -0.1) is 0 Å². The Kier molecular flexibility index (Phi) is 4.28. The van der Waals surface area contributed by atoms with Crippen LogP contribution in [-0.2, 0) is 4.79 Å². The standard InChI is InChI=1S/C11H16ClN3O2/c1-11(2,3)6-8(16)14-10-13-7(12)5-9(15-10)17-4/h5H,6H2,1-4H3,(H,13,14,15,16). The second-order valence-electron chi connectivity index (χ2n) is 4.84. The first-order chi connectivity index (χ1) is 7.80. The lowest BCUT2D eigenvalue weighted by Gasteiger charge is -2.16. The zero-order valence-electron chi connectivity index (χ0n) is 10.4. The Labute approximate surface area is 106 Å². The summed E-state index contributed by atoms with van der Waals surface area (Å²) in [4.78, 5) is 19.5. The van der Waals surface area contributed by atoms with E-state index in [9.17, 15) is 4.79 Å². The van der Waals surface area contributed by atoms with E-state index < -0.39 is 0 Å². The smallest absolute Gasteiger partial charge is 0.234 e. The third-order valence-corrected chi connectivity index (χ3v) is 2.02. The number of amides is 1. The lowest BCUT2D eigenvalue weighted by molar-refractivity contribution is -0.117. The normalized spacial score (nSPS) is 11.1. The maximum atomic E-state index is 11.7. The van der Waals surface area contributed by atoms with Crippen LogP contribution < -0.4 is 10.1 Å². The number of ether oxygens (including phenoxy) is 1. The van der Waals surface area contributed by atoms with Crippen LogP contribution in [0, 0.1) is 5.41 Å². The molecule has 0 aliphatic rings. The molecular formula is C11H16ClN3O2. The highest BCUT2D eigenvalue weighted by molar-refractivity contribution is 6.29. The fourth-order valence-corrected chi connectivity index (χ4v) is 1.38. The zero-order valence-corrected chi connectivity index (χ0v) is 11.1. The number of halogens is 1. The van der Waals surface area contributed by atoms with Crippen molar-refractivity contribution >= 4 is 23.5 Å². The molecule has 1 N–H and O–H groups in total. The Bertz CT molecular complexity index is 416. The van der Waals surface area contributed by atoms with Gasteiger partial charge >= 0.3 is 0 Å². The minimum atomic E-state index is -0.151. The van der Waals surface area contributed by atoms with Crippen LogP contribution in [-0.4, -0.2) is 23.0 Å². The van der Waals surface area contributed by atoms with Crippen molar-refractivity contribution in [3.05, 3.63) is 11.2 Å². The Morgan fingerprint density at radius 2 is 2.12 bits per heavy atom. The van der Waals surface area contributed by atoms with Gasteiger partial charge in [0, 0.05) is 12.5 Å². The molecule has 1 aromatic rings. The molecule has 0 atom stereocenters. The van der Waals surface area contributed by atoms with E-state index in [0.29, 0.717) is 12.3 Å². The highest BCUT2D eigenvalue weighted by Crippen LogP contribution is 2.20. The summed E-state index contributed by atoms with van der Waals surface area (Å²) in [7, 11) is 1.47. The lowest BCUT2D eigenvalue weighted by Crippen LogP contribution is -2.20. The number of hydrogen-bond donors (Lipinski definition) is 1. The fraction of sp³-hybridized carbons (Fsp3) is 0.545. The van der Waals surface area contributed by atoms with Crippen molar-refractivity contribution in [2.24, 2.45) is 5.41 Å². The number of carbonyl (C=O) groups is 1. The van der Waals surface area contributed by atoms with Crippen LogP contribution in [0.25, 0.3) is 0 Å². The molecule has 0 fully saturated rings. The van der Waals surface area contributed by atoms with Crippen LogP contribution in [0.15, 0.2) is 6.07 Å². The first kappa shape index (κ1) is 13.7. The highest BCUT2D eigenvalue weighted by atomic mass is 35.5. The Hall–Kier alpha value is -1.36. The van der Waals surface area contributed by atoms with Gasteiger partial charge in [0.1, 0.15) is 5.15 Å². The summed E-state index contributed by atoms with van der Waals surface area (Å²) in [6, 6.07) is 1.47. The predicted molar refractivity (Wildman–Crippen MR) is 66.3 cm³/mol. The van der Waals surface area contributed by atoms with Crippen molar-refractivity contribution in [3.63, 3.8) is 0 Å². The number of aromatic nitrogens is 2. The predicted octanol–water partition coefficient (Wildman–Crippen LogP) is 2.51. The van der Waals surface area contributed by atoms with E-state index in [1.807, 2.05) is 20.8 Å². The summed E-state index contributed by atoms with van der Waals surface area (Å²) in [5, 5.41) is 2.81. The molecule has 1 aromatic heterocycles. The molecule has 5 nitrogen and oxygen atoms in total. The van der Waals surface area contributed by atoms with Crippen molar-refractivity contribution in [2.45, 2.75) is 27.2 Å². The van der Waals surface area contributed by atoms with Crippen molar-refractivity contribution in [3.8, 4) is 5.88 Å². The van der Waals surface area contributed by atoms with Crippen molar-refractivity contribution in [1.29, 1.82) is 0 Å². The molecule has 0 saturated heterocycles. The molecule has 0 aromatic carbocycles. The van der Waals surface area contributed by atoms with Crippen molar-refractivity contribution in [2.75, 3.05) is 12.4 Å². The quantitative estimate of drug-likeness (QED) is 0.845. The summed E-state index contributed by atoms with van der Waals surface area (Å²) in [5.41, 5.74) is -0.0905. The average molecular weight is 258 g/mol. The summed E-state index contributed by atoms with van der Waals surface area (Å²) < 4.78 is 4.93. The van der Waals surface area contributed by atoms with E-state index in [1.54, 1.807) is 0 Å². The first-order valence-corrected chi connectivity index (χ1v) is 5.56. The van der Waals surface area contributed by atoms with E-state index in [-0.39, 0.29) is 22.4 Å². The summed E-state index contributed by atoms with van der Waals surface area (Å²) in [6.07, 6.45) is 0.380. The number of nitrogens with zero attached hydrogens (tertiary/aromatic N) is 2. The Morgan fingerprint density at radius 3 is 2.65 bits per heavy atom. The Balaban J connectivity index is 2.74. The summed E-state index contributed by atoms with van der Waals surface area (Å²) >= 11 is 5.76. The number of carbonyl (C=O) groups excluding carboxylic acids is 1. The van der Waals surface area contributed by atoms with E-state index in [0.717, 1.165) is 0 Å². The van der Waals surface area contributed by atoms with Crippen LogP contribution in [0.1, 0.15) is 27.2 Å². The van der Waals surface area contributed by atoms with Crippen molar-refractivity contribution in [1.82, 2.24) is 9.97 Å². The van der Waals surface area contributed by atoms with E-state index in [2.05, 4.69) is 15.3 Å². The molecule has 94 valence electrons. The molecule has 0 aliphatic heterocycles. The van der Waals surface area contributed by atoms with Gasteiger partial charge in [-0.25, -0.2) is 4.98 Å². The van der Waals surface area contributed by atoms with Gasteiger partial charge in [0.15, 0.2) is 0 Å². The largest absolute Gasteiger partial charge is 0.481 e. The van der Waals surface area contributed by atoms with Crippen molar-refractivity contribution < 1.29 is 9.53 Å². The van der Waals surface area contributed by atoms with E-state index >= 15 is 0 Å². The van der Waals surface area contributed by atoms with Gasteiger partial charge in [-0.1, -0.05) is 32.4 Å². The average Bonchev–Trinajstić information content (AvgIpc) is 2.13. The molecule has 6 heteroatoms. The monoisotopic (exact) mass is 257 g/mol.